The first kappa shape index (κ1) is 14.5. The van der Waals surface area contributed by atoms with E-state index in [1.807, 2.05) is 18.7 Å². The Kier molecular flexibility index (Phi) is 5.92. The SMILES string of the molecule is CC(C)C(C(=O)O)N(CCO)C1CCCCC1. The van der Waals surface area contributed by atoms with Crippen LogP contribution in [0, 0.1) is 5.92 Å². The topological polar surface area (TPSA) is 60.8 Å². The number of aliphatic hydroxyl groups excluding tert-OH is 1. The Labute approximate surface area is 104 Å². The van der Waals surface area contributed by atoms with Crippen molar-refractivity contribution < 1.29 is 15.0 Å². The van der Waals surface area contributed by atoms with Crippen molar-refractivity contribution in [1.29, 1.82) is 0 Å². The second kappa shape index (κ2) is 6.97. The van der Waals surface area contributed by atoms with Crippen LogP contribution >= 0.6 is 0 Å². The van der Waals surface area contributed by atoms with Crippen LogP contribution in [0.2, 0.25) is 0 Å². The maximum absolute atomic E-state index is 11.4. The van der Waals surface area contributed by atoms with E-state index in [0.29, 0.717) is 12.6 Å². The van der Waals surface area contributed by atoms with E-state index in [-0.39, 0.29) is 12.5 Å². The zero-order valence-corrected chi connectivity index (χ0v) is 10.9. The monoisotopic (exact) mass is 243 g/mol. The van der Waals surface area contributed by atoms with E-state index in [2.05, 4.69) is 0 Å². The van der Waals surface area contributed by atoms with Gasteiger partial charge < -0.3 is 10.2 Å². The molecule has 1 atom stereocenters. The molecule has 0 aromatic rings. The first-order valence-corrected chi connectivity index (χ1v) is 6.67. The molecule has 100 valence electrons. The van der Waals surface area contributed by atoms with Gasteiger partial charge in [-0.15, -0.1) is 0 Å². The Morgan fingerprint density at radius 3 is 2.29 bits per heavy atom. The Hall–Kier alpha value is -0.610. The van der Waals surface area contributed by atoms with Crippen molar-refractivity contribution in [1.82, 2.24) is 4.90 Å². The standard InChI is InChI=1S/C13H25NO3/c1-10(2)12(13(16)17)14(8-9-15)11-6-4-3-5-7-11/h10-12,15H,3-9H2,1-2H3,(H,16,17). The number of carboxylic acid groups (broad SMARTS) is 1. The lowest BCUT2D eigenvalue weighted by molar-refractivity contribution is -0.147. The molecule has 4 nitrogen and oxygen atoms in total. The van der Waals surface area contributed by atoms with Crippen LogP contribution in [0.4, 0.5) is 0 Å². The number of carboxylic acids is 1. The van der Waals surface area contributed by atoms with Crippen LogP contribution in [0.3, 0.4) is 0 Å². The molecule has 0 radical (unpaired) electrons. The van der Waals surface area contributed by atoms with Crippen LogP contribution in [0.5, 0.6) is 0 Å². The van der Waals surface area contributed by atoms with Crippen LogP contribution in [-0.4, -0.2) is 46.3 Å². The molecule has 1 saturated carbocycles. The predicted octanol–water partition coefficient (Wildman–Crippen LogP) is 1.72. The van der Waals surface area contributed by atoms with E-state index in [9.17, 15) is 9.90 Å². The quantitative estimate of drug-likeness (QED) is 0.745. The van der Waals surface area contributed by atoms with Gasteiger partial charge in [-0.2, -0.15) is 0 Å². The minimum Gasteiger partial charge on any atom is -0.480 e. The highest BCUT2D eigenvalue weighted by molar-refractivity contribution is 5.73. The lowest BCUT2D eigenvalue weighted by atomic mass is 9.91. The smallest absolute Gasteiger partial charge is 0.321 e. The molecular weight excluding hydrogens is 218 g/mol. The van der Waals surface area contributed by atoms with E-state index in [1.165, 1.54) is 19.3 Å². The molecule has 17 heavy (non-hydrogen) atoms. The fourth-order valence-electron chi connectivity index (χ4n) is 2.89. The summed E-state index contributed by atoms with van der Waals surface area (Å²) in [6, 6.07) is -0.135. The number of hydrogen-bond donors (Lipinski definition) is 2. The maximum Gasteiger partial charge on any atom is 0.321 e. The molecule has 0 saturated heterocycles. The van der Waals surface area contributed by atoms with Gasteiger partial charge in [0.1, 0.15) is 6.04 Å². The van der Waals surface area contributed by atoms with E-state index >= 15 is 0 Å². The Bertz CT molecular complexity index is 237. The van der Waals surface area contributed by atoms with Gasteiger partial charge in [-0.3, -0.25) is 9.69 Å². The van der Waals surface area contributed by atoms with Gasteiger partial charge in [0.15, 0.2) is 0 Å². The van der Waals surface area contributed by atoms with Crippen LogP contribution < -0.4 is 0 Å². The normalized spacial score (nSPS) is 19.8. The molecule has 1 aliphatic carbocycles. The fourth-order valence-corrected chi connectivity index (χ4v) is 2.89. The molecule has 0 heterocycles. The van der Waals surface area contributed by atoms with Gasteiger partial charge in [-0.05, 0) is 18.8 Å². The van der Waals surface area contributed by atoms with Crippen molar-refractivity contribution in [2.24, 2.45) is 5.92 Å². The number of aliphatic hydroxyl groups is 1. The summed E-state index contributed by atoms with van der Waals surface area (Å²) in [5.74, 6) is -0.694. The minimum absolute atomic E-state index is 0.0347. The summed E-state index contributed by atoms with van der Waals surface area (Å²) in [6.07, 6.45) is 5.74. The third kappa shape index (κ3) is 3.96. The molecule has 1 unspecified atom stereocenters. The summed E-state index contributed by atoms with van der Waals surface area (Å²) < 4.78 is 0. The van der Waals surface area contributed by atoms with Crippen molar-refractivity contribution in [2.75, 3.05) is 13.2 Å². The largest absolute Gasteiger partial charge is 0.480 e. The Morgan fingerprint density at radius 2 is 1.88 bits per heavy atom. The number of rotatable bonds is 6. The summed E-state index contributed by atoms with van der Waals surface area (Å²) in [6.45, 7) is 4.38. The van der Waals surface area contributed by atoms with Crippen molar-refractivity contribution >= 4 is 5.97 Å². The second-order valence-corrected chi connectivity index (χ2v) is 5.28. The molecule has 4 heteroatoms. The number of nitrogens with zero attached hydrogens (tertiary/aromatic N) is 1. The van der Waals surface area contributed by atoms with Gasteiger partial charge in [0.2, 0.25) is 0 Å². The van der Waals surface area contributed by atoms with Gasteiger partial charge in [0, 0.05) is 12.6 Å². The maximum atomic E-state index is 11.4. The molecule has 2 N–H and O–H groups in total. The average molecular weight is 243 g/mol. The second-order valence-electron chi connectivity index (χ2n) is 5.28. The summed E-state index contributed by atoms with van der Waals surface area (Å²) in [4.78, 5) is 13.4. The van der Waals surface area contributed by atoms with Gasteiger partial charge in [0.05, 0.1) is 6.61 Å². The Balaban J connectivity index is 2.76. The van der Waals surface area contributed by atoms with Gasteiger partial charge in [0.25, 0.3) is 0 Å². The van der Waals surface area contributed by atoms with Gasteiger partial charge in [-0.1, -0.05) is 33.1 Å². The highest BCUT2D eigenvalue weighted by Gasteiger charge is 2.33. The first-order valence-electron chi connectivity index (χ1n) is 6.67. The fraction of sp³-hybridized carbons (Fsp3) is 0.923. The molecular formula is C13H25NO3. The average Bonchev–Trinajstić information content (AvgIpc) is 2.28. The van der Waals surface area contributed by atoms with Crippen LogP contribution in [-0.2, 0) is 4.79 Å². The zero-order chi connectivity index (χ0) is 12.8. The number of aliphatic carboxylic acids is 1. The summed E-state index contributed by atoms with van der Waals surface area (Å²) in [5.41, 5.74) is 0. The van der Waals surface area contributed by atoms with Crippen molar-refractivity contribution in [2.45, 2.75) is 58.0 Å². The number of hydrogen-bond acceptors (Lipinski definition) is 3. The molecule has 0 bridgehead atoms. The summed E-state index contributed by atoms with van der Waals surface area (Å²) in [5, 5.41) is 18.5. The van der Waals surface area contributed by atoms with Crippen LogP contribution in [0.25, 0.3) is 0 Å². The van der Waals surface area contributed by atoms with Gasteiger partial charge >= 0.3 is 5.97 Å². The van der Waals surface area contributed by atoms with E-state index in [4.69, 9.17) is 5.11 Å². The molecule has 1 fully saturated rings. The van der Waals surface area contributed by atoms with E-state index < -0.39 is 12.0 Å². The highest BCUT2D eigenvalue weighted by atomic mass is 16.4. The van der Waals surface area contributed by atoms with Crippen molar-refractivity contribution in [3.63, 3.8) is 0 Å². The highest BCUT2D eigenvalue weighted by Crippen LogP contribution is 2.26. The van der Waals surface area contributed by atoms with Crippen LogP contribution in [0.15, 0.2) is 0 Å². The molecule has 0 spiro atoms. The van der Waals surface area contributed by atoms with E-state index in [1.54, 1.807) is 0 Å². The predicted molar refractivity (Wildman–Crippen MR) is 66.9 cm³/mol. The summed E-state index contributed by atoms with van der Waals surface area (Å²) >= 11 is 0. The third-order valence-corrected chi connectivity index (χ3v) is 3.64. The van der Waals surface area contributed by atoms with Gasteiger partial charge in [-0.25, -0.2) is 0 Å². The molecule has 0 aromatic heterocycles. The molecule has 1 aliphatic rings. The van der Waals surface area contributed by atoms with Crippen molar-refractivity contribution in [3.05, 3.63) is 0 Å². The lowest BCUT2D eigenvalue weighted by Gasteiger charge is -2.39. The van der Waals surface area contributed by atoms with Crippen LogP contribution in [0.1, 0.15) is 46.0 Å². The van der Waals surface area contributed by atoms with Crippen molar-refractivity contribution in [3.8, 4) is 0 Å². The molecule has 0 aromatic carbocycles. The van der Waals surface area contributed by atoms with E-state index in [0.717, 1.165) is 12.8 Å². The molecule has 0 aliphatic heterocycles. The molecule has 1 rings (SSSR count). The Morgan fingerprint density at radius 1 is 1.29 bits per heavy atom. The lowest BCUT2D eigenvalue weighted by Crippen LogP contribution is -2.51. The zero-order valence-electron chi connectivity index (χ0n) is 10.9. The summed E-state index contributed by atoms with van der Waals surface area (Å²) in [7, 11) is 0. The molecule has 0 amide bonds. The first-order chi connectivity index (χ1) is 8.07. The minimum atomic E-state index is -0.765. The third-order valence-electron chi connectivity index (χ3n) is 3.64. The number of carbonyl (C=O) groups is 1.